The van der Waals surface area contributed by atoms with Crippen molar-refractivity contribution in [3.05, 3.63) is 46.9 Å². The van der Waals surface area contributed by atoms with Gasteiger partial charge in [0.25, 0.3) is 11.8 Å². The Hall–Kier alpha value is -2.70. The Labute approximate surface area is 146 Å². The monoisotopic (exact) mass is 342 g/mol. The van der Waals surface area contributed by atoms with Crippen molar-refractivity contribution in [2.75, 3.05) is 26.2 Å². The summed E-state index contributed by atoms with van der Waals surface area (Å²) in [6, 6.07) is 3.46. The first-order chi connectivity index (χ1) is 12.0. The number of carbonyl (C=O) groups is 2. The summed E-state index contributed by atoms with van der Waals surface area (Å²) in [5, 5.41) is 0. The lowest BCUT2D eigenvalue weighted by molar-refractivity contribution is 0.0516. The maximum absolute atomic E-state index is 12.8. The normalized spacial score (nSPS) is 14.7. The van der Waals surface area contributed by atoms with Crippen LogP contribution in [0.2, 0.25) is 0 Å². The first-order valence-corrected chi connectivity index (χ1v) is 8.47. The van der Waals surface area contributed by atoms with E-state index in [1.807, 2.05) is 20.8 Å². The van der Waals surface area contributed by atoms with E-state index in [1.165, 1.54) is 0 Å². The van der Waals surface area contributed by atoms with Crippen LogP contribution in [0.1, 0.15) is 45.1 Å². The third-order valence-electron chi connectivity index (χ3n) is 4.36. The van der Waals surface area contributed by atoms with Gasteiger partial charge in [-0.3, -0.25) is 9.59 Å². The van der Waals surface area contributed by atoms with Crippen LogP contribution >= 0.6 is 0 Å². The minimum absolute atomic E-state index is 0.0715. The van der Waals surface area contributed by atoms with E-state index < -0.39 is 0 Å². The third-order valence-corrected chi connectivity index (χ3v) is 4.36. The fourth-order valence-corrected chi connectivity index (χ4v) is 2.95. The maximum Gasteiger partial charge on any atom is 0.289 e. The topological polar surface area (TPSA) is 79.5 Å². The quantitative estimate of drug-likeness (QED) is 0.850. The molecule has 0 unspecified atom stereocenters. The zero-order chi connectivity index (χ0) is 18.0. The van der Waals surface area contributed by atoms with E-state index in [0.29, 0.717) is 55.5 Å². The van der Waals surface area contributed by atoms with Crippen LogP contribution in [0.5, 0.6) is 0 Å². The molecule has 0 spiro atoms. The van der Waals surface area contributed by atoms with Gasteiger partial charge in [0.15, 0.2) is 5.76 Å². The van der Waals surface area contributed by atoms with Gasteiger partial charge in [-0.05, 0) is 32.4 Å². The van der Waals surface area contributed by atoms with E-state index in [9.17, 15) is 9.59 Å². The van der Waals surface area contributed by atoms with Gasteiger partial charge < -0.3 is 14.2 Å². The molecule has 3 heterocycles. The number of nitrogens with zero attached hydrogens (tertiary/aromatic N) is 4. The van der Waals surface area contributed by atoms with Gasteiger partial charge in [0.1, 0.15) is 11.6 Å². The number of hydrogen-bond donors (Lipinski definition) is 0. The highest BCUT2D eigenvalue weighted by Crippen LogP contribution is 2.15. The highest BCUT2D eigenvalue weighted by atomic mass is 16.3. The Kier molecular flexibility index (Phi) is 4.83. The van der Waals surface area contributed by atoms with Crippen molar-refractivity contribution in [3.63, 3.8) is 0 Å². The summed E-state index contributed by atoms with van der Waals surface area (Å²) >= 11 is 0. The SMILES string of the molecule is CCc1nc(C)ncc1C(=O)N1CCN(C(=O)c2ccc(C)o2)CC1. The van der Waals surface area contributed by atoms with Gasteiger partial charge in [-0.2, -0.15) is 0 Å². The fourth-order valence-electron chi connectivity index (χ4n) is 2.95. The largest absolute Gasteiger partial charge is 0.456 e. The smallest absolute Gasteiger partial charge is 0.289 e. The average Bonchev–Trinajstić information content (AvgIpc) is 3.07. The molecule has 0 atom stereocenters. The van der Waals surface area contributed by atoms with Crippen molar-refractivity contribution < 1.29 is 14.0 Å². The minimum Gasteiger partial charge on any atom is -0.456 e. The van der Waals surface area contributed by atoms with Crippen molar-refractivity contribution >= 4 is 11.8 Å². The lowest BCUT2D eigenvalue weighted by Crippen LogP contribution is -2.50. The first-order valence-electron chi connectivity index (χ1n) is 8.47. The molecule has 2 aromatic heterocycles. The number of furan rings is 1. The summed E-state index contributed by atoms with van der Waals surface area (Å²) in [6.45, 7) is 7.54. The highest BCUT2D eigenvalue weighted by Gasteiger charge is 2.28. The summed E-state index contributed by atoms with van der Waals surface area (Å²) in [6.07, 6.45) is 2.29. The molecule has 2 aromatic rings. The van der Waals surface area contributed by atoms with E-state index in [0.717, 1.165) is 5.69 Å². The van der Waals surface area contributed by atoms with Gasteiger partial charge in [0, 0.05) is 32.4 Å². The second-order valence-electron chi connectivity index (χ2n) is 6.13. The van der Waals surface area contributed by atoms with Crippen LogP contribution in [0.4, 0.5) is 0 Å². The molecule has 7 heteroatoms. The van der Waals surface area contributed by atoms with Crippen LogP contribution in [-0.2, 0) is 6.42 Å². The number of aromatic nitrogens is 2. The molecule has 2 amide bonds. The molecule has 0 bridgehead atoms. The molecule has 1 saturated heterocycles. The second-order valence-corrected chi connectivity index (χ2v) is 6.13. The van der Waals surface area contributed by atoms with Crippen molar-refractivity contribution in [1.82, 2.24) is 19.8 Å². The van der Waals surface area contributed by atoms with Crippen molar-refractivity contribution in [1.29, 1.82) is 0 Å². The molecule has 132 valence electrons. The van der Waals surface area contributed by atoms with Crippen LogP contribution in [-0.4, -0.2) is 57.8 Å². The molecule has 0 radical (unpaired) electrons. The van der Waals surface area contributed by atoms with Crippen LogP contribution in [0, 0.1) is 13.8 Å². The highest BCUT2D eigenvalue weighted by molar-refractivity contribution is 5.95. The zero-order valence-corrected chi connectivity index (χ0v) is 14.8. The van der Waals surface area contributed by atoms with Crippen molar-refractivity contribution in [3.8, 4) is 0 Å². The van der Waals surface area contributed by atoms with E-state index in [1.54, 1.807) is 28.1 Å². The Morgan fingerprint density at radius 2 is 1.72 bits per heavy atom. The van der Waals surface area contributed by atoms with Gasteiger partial charge >= 0.3 is 0 Å². The molecule has 1 aliphatic heterocycles. The standard InChI is InChI=1S/C18H22N4O3/c1-4-15-14(11-19-13(3)20-15)17(23)21-7-9-22(10-8-21)18(24)16-6-5-12(2)25-16/h5-6,11H,4,7-10H2,1-3H3. The summed E-state index contributed by atoms with van der Waals surface area (Å²) in [5.74, 6) is 1.52. The molecular weight excluding hydrogens is 320 g/mol. The molecule has 3 rings (SSSR count). The van der Waals surface area contributed by atoms with E-state index in [-0.39, 0.29) is 11.8 Å². The lowest BCUT2D eigenvalue weighted by atomic mass is 10.1. The minimum atomic E-state index is -0.131. The molecular formula is C18H22N4O3. The zero-order valence-electron chi connectivity index (χ0n) is 14.8. The lowest BCUT2D eigenvalue weighted by Gasteiger charge is -2.34. The first kappa shape index (κ1) is 17.1. The van der Waals surface area contributed by atoms with Crippen LogP contribution in [0.3, 0.4) is 0 Å². The van der Waals surface area contributed by atoms with Gasteiger partial charge in [-0.1, -0.05) is 6.92 Å². The number of piperazine rings is 1. The number of amides is 2. The van der Waals surface area contributed by atoms with Crippen LogP contribution in [0.25, 0.3) is 0 Å². The predicted molar refractivity (Wildman–Crippen MR) is 91.4 cm³/mol. The van der Waals surface area contributed by atoms with Crippen LogP contribution in [0.15, 0.2) is 22.7 Å². The Morgan fingerprint density at radius 1 is 1.08 bits per heavy atom. The molecule has 0 saturated carbocycles. The molecule has 0 N–H and O–H groups in total. The number of aryl methyl sites for hydroxylation is 3. The Morgan fingerprint density at radius 3 is 2.28 bits per heavy atom. The molecule has 7 nitrogen and oxygen atoms in total. The Balaban J connectivity index is 1.66. The number of carbonyl (C=O) groups excluding carboxylic acids is 2. The molecule has 1 aliphatic rings. The summed E-state index contributed by atoms with van der Waals surface area (Å²) in [5.41, 5.74) is 1.32. The number of rotatable bonds is 3. The van der Waals surface area contributed by atoms with Gasteiger partial charge in [-0.25, -0.2) is 9.97 Å². The average molecular weight is 342 g/mol. The maximum atomic E-state index is 12.8. The van der Waals surface area contributed by atoms with Crippen LogP contribution < -0.4 is 0 Å². The fraction of sp³-hybridized carbons (Fsp3) is 0.444. The Bertz CT molecular complexity index is 791. The molecule has 25 heavy (non-hydrogen) atoms. The third kappa shape index (κ3) is 3.55. The van der Waals surface area contributed by atoms with Crippen molar-refractivity contribution in [2.24, 2.45) is 0 Å². The molecule has 1 fully saturated rings. The molecule has 0 aliphatic carbocycles. The van der Waals surface area contributed by atoms with Gasteiger partial charge in [-0.15, -0.1) is 0 Å². The predicted octanol–water partition coefficient (Wildman–Crippen LogP) is 1.85. The van der Waals surface area contributed by atoms with E-state index >= 15 is 0 Å². The summed E-state index contributed by atoms with van der Waals surface area (Å²) in [7, 11) is 0. The van der Waals surface area contributed by atoms with E-state index in [2.05, 4.69) is 9.97 Å². The van der Waals surface area contributed by atoms with Gasteiger partial charge in [0.2, 0.25) is 0 Å². The van der Waals surface area contributed by atoms with Crippen molar-refractivity contribution in [2.45, 2.75) is 27.2 Å². The van der Waals surface area contributed by atoms with E-state index in [4.69, 9.17) is 4.42 Å². The number of hydrogen-bond acceptors (Lipinski definition) is 5. The summed E-state index contributed by atoms with van der Waals surface area (Å²) < 4.78 is 5.40. The molecule has 0 aromatic carbocycles. The van der Waals surface area contributed by atoms with Gasteiger partial charge in [0.05, 0.1) is 11.3 Å². The second kappa shape index (κ2) is 7.04. The summed E-state index contributed by atoms with van der Waals surface area (Å²) in [4.78, 5) is 37.2.